The van der Waals surface area contributed by atoms with E-state index in [1.54, 1.807) is 0 Å². The number of carbonyl (C=O) groups is 2. The molecule has 2 rings (SSSR count). The molecule has 0 aliphatic heterocycles. The van der Waals surface area contributed by atoms with Gasteiger partial charge in [-0.05, 0) is 25.0 Å². The zero-order valence-electron chi connectivity index (χ0n) is 15.7. The molecule has 0 aliphatic rings. The summed E-state index contributed by atoms with van der Waals surface area (Å²) >= 11 is 0. The average Bonchev–Trinajstić information content (AvgIpc) is 2.72. The molecule has 0 saturated heterocycles. The highest BCUT2D eigenvalue weighted by atomic mass is 16.6. The number of nitro benzene ring substituents is 2. The Hall–Kier alpha value is -3.82. The van der Waals surface area contributed by atoms with Gasteiger partial charge in [0.05, 0.1) is 9.85 Å². The van der Waals surface area contributed by atoms with Crippen LogP contribution in [0.25, 0.3) is 0 Å². The molecule has 0 radical (unpaired) electrons. The first-order chi connectivity index (χ1) is 13.8. The summed E-state index contributed by atoms with van der Waals surface area (Å²) in [4.78, 5) is 44.9. The largest absolute Gasteiger partial charge is 0.352 e. The van der Waals surface area contributed by atoms with E-state index in [-0.39, 0.29) is 35.1 Å². The molecule has 2 N–H and O–H groups in total. The van der Waals surface area contributed by atoms with Gasteiger partial charge in [0.15, 0.2) is 0 Å². The van der Waals surface area contributed by atoms with Gasteiger partial charge >= 0.3 is 0 Å². The van der Waals surface area contributed by atoms with Crippen molar-refractivity contribution in [2.75, 3.05) is 6.54 Å². The van der Waals surface area contributed by atoms with Gasteiger partial charge < -0.3 is 10.6 Å². The summed E-state index contributed by atoms with van der Waals surface area (Å²) < 4.78 is 0. The molecule has 0 heterocycles. The van der Waals surface area contributed by atoms with E-state index in [1.165, 1.54) is 48.5 Å². The maximum Gasteiger partial charge on any atom is 0.270 e. The molecule has 0 spiro atoms. The lowest BCUT2D eigenvalue weighted by atomic mass is 10.1. The Morgan fingerprint density at radius 1 is 0.931 bits per heavy atom. The van der Waals surface area contributed by atoms with Crippen molar-refractivity contribution in [3.05, 3.63) is 79.9 Å². The molecule has 152 valence electrons. The molecule has 0 bridgehead atoms. The molecule has 2 aromatic carbocycles. The predicted octanol–water partition coefficient (Wildman–Crippen LogP) is 2.83. The van der Waals surface area contributed by atoms with Crippen molar-refractivity contribution in [1.29, 1.82) is 0 Å². The SMILES string of the molecule is CC[C@@H](CCNC(=O)c1cccc([N+](=O)[O-])c1)NC(=O)c1cccc([N+](=O)[O-])c1. The molecule has 1 atom stereocenters. The summed E-state index contributed by atoms with van der Waals surface area (Å²) in [6.45, 7) is 2.11. The molecule has 0 saturated carbocycles. The minimum absolute atomic E-state index is 0.171. The van der Waals surface area contributed by atoms with Crippen LogP contribution in [0, 0.1) is 20.2 Å². The Morgan fingerprint density at radius 2 is 1.45 bits per heavy atom. The minimum atomic E-state index is -0.576. The summed E-state index contributed by atoms with van der Waals surface area (Å²) in [5.74, 6) is -0.890. The van der Waals surface area contributed by atoms with E-state index in [4.69, 9.17) is 0 Å². The van der Waals surface area contributed by atoms with Crippen molar-refractivity contribution in [1.82, 2.24) is 10.6 Å². The topological polar surface area (TPSA) is 144 Å². The number of hydrogen-bond acceptors (Lipinski definition) is 6. The number of nitro groups is 2. The van der Waals surface area contributed by atoms with Gasteiger partial charge in [0.1, 0.15) is 0 Å². The Balaban J connectivity index is 1.90. The zero-order chi connectivity index (χ0) is 21.4. The molecule has 0 unspecified atom stereocenters. The smallest absolute Gasteiger partial charge is 0.270 e. The second-order valence-electron chi connectivity index (χ2n) is 6.24. The number of nitrogens with one attached hydrogen (secondary N) is 2. The van der Waals surface area contributed by atoms with E-state index in [1.807, 2.05) is 6.92 Å². The van der Waals surface area contributed by atoms with Crippen LogP contribution in [-0.4, -0.2) is 34.2 Å². The normalized spacial score (nSPS) is 11.3. The molecule has 29 heavy (non-hydrogen) atoms. The number of benzene rings is 2. The highest BCUT2D eigenvalue weighted by molar-refractivity contribution is 5.95. The van der Waals surface area contributed by atoms with Gasteiger partial charge in [-0.3, -0.25) is 29.8 Å². The first kappa shape index (κ1) is 21.5. The standard InChI is InChI=1S/C19H20N4O6/c1-2-15(21-19(25)14-6-4-8-17(12-14)23(28)29)9-10-20-18(24)13-5-3-7-16(11-13)22(26)27/h3-8,11-12,15H,2,9-10H2,1H3,(H,20,24)(H,21,25)/t15-/m0/s1. The van der Waals surface area contributed by atoms with Crippen molar-refractivity contribution in [3.8, 4) is 0 Å². The number of hydrogen-bond donors (Lipinski definition) is 2. The maximum atomic E-state index is 12.3. The Bertz CT molecular complexity index is 930. The van der Waals surface area contributed by atoms with Crippen LogP contribution in [0.4, 0.5) is 11.4 Å². The van der Waals surface area contributed by atoms with Gasteiger partial charge in [-0.15, -0.1) is 0 Å². The summed E-state index contributed by atoms with van der Waals surface area (Å²) in [6, 6.07) is 10.6. The fourth-order valence-electron chi connectivity index (χ4n) is 2.63. The summed E-state index contributed by atoms with van der Waals surface area (Å²) in [7, 11) is 0. The lowest BCUT2D eigenvalue weighted by molar-refractivity contribution is -0.385. The molecular formula is C19H20N4O6. The quantitative estimate of drug-likeness (QED) is 0.489. The van der Waals surface area contributed by atoms with Crippen LogP contribution in [-0.2, 0) is 0 Å². The van der Waals surface area contributed by atoms with Crippen LogP contribution < -0.4 is 10.6 Å². The summed E-state index contributed by atoms with van der Waals surface area (Å²) in [6.07, 6.45) is 1.02. The third kappa shape index (κ3) is 6.09. The van der Waals surface area contributed by atoms with Crippen LogP contribution >= 0.6 is 0 Å². The van der Waals surface area contributed by atoms with E-state index in [0.717, 1.165) is 0 Å². The molecular weight excluding hydrogens is 380 g/mol. The van der Waals surface area contributed by atoms with Crippen LogP contribution in [0.3, 0.4) is 0 Å². The summed E-state index contributed by atoms with van der Waals surface area (Å²) in [5, 5.41) is 27.1. The Kier molecular flexibility index (Phi) is 7.35. The van der Waals surface area contributed by atoms with Gasteiger partial charge in [-0.2, -0.15) is 0 Å². The third-order valence-corrected chi connectivity index (χ3v) is 4.24. The van der Waals surface area contributed by atoms with Gasteiger partial charge in [0, 0.05) is 48.0 Å². The highest BCUT2D eigenvalue weighted by Gasteiger charge is 2.16. The van der Waals surface area contributed by atoms with Crippen LogP contribution in [0.1, 0.15) is 40.5 Å². The van der Waals surface area contributed by atoms with Gasteiger partial charge in [-0.25, -0.2) is 0 Å². The predicted molar refractivity (Wildman–Crippen MR) is 105 cm³/mol. The molecule has 10 heteroatoms. The molecule has 0 aliphatic carbocycles. The van der Waals surface area contributed by atoms with E-state index in [0.29, 0.717) is 12.8 Å². The molecule has 0 fully saturated rings. The lowest BCUT2D eigenvalue weighted by Crippen LogP contribution is -2.37. The number of non-ortho nitro benzene ring substituents is 2. The first-order valence-corrected chi connectivity index (χ1v) is 8.89. The molecule has 0 aromatic heterocycles. The number of nitrogens with zero attached hydrogens (tertiary/aromatic N) is 2. The average molecular weight is 400 g/mol. The minimum Gasteiger partial charge on any atom is -0.352 e. The lowest BCUT2D eigenvalue weighted by Gasteiger charge is -2.17. The van der Waals surface area contributed by atoms with Gasteiger partial charge in [0.2, 0.25) is 0 Å². The second kappa shape index (κ2) is 9.93. The maximum absolute atomic E-state index is 12.3. The van der Waals surface area contributed by atoms with E-state index >= 15 is 0 Å². The Labute approximate surface area is 166 Å². The van der Waals surface area contributed by atoms with Crippen molar-refractivity contribution >= 4 is 23.2 Å². The van der Waals surface area contributed by atoms with Gasteiger partial charge in [0.25, 0.3) is 23.2 Å². The van der Waals surface area contributed by atoms with E-state index in [9.17, 15) is 29.8 Å². The fourth-order valence-corrected chi connectivity index (χ4v) is 2.63. The summed E-state index contributed by atoms with van der Waals surface area (Å²) in [5.41, 5.74) is 0.00868. The van der Waals surface area contributed by atoms with Crippen molar-refractivity contribution in [2.45, 2.75) is 25.8 Å². The number of amides is 2. The van der Waals surface area contributed by atoms with Crippen molar-refractivity contribution in [3.63, 3.8) is 0 Å². The molecule has 2 amide bonds. The fraction of sp³-hybridized carbons (Fsp3) is 0.263. The second-order valence-corrected chi connectivity index (χ2v) is 6.24. The first-order valence-electron chi connectivity index (χ1n) is 8.89. The van der Waals surface area contributed by atoms with Crippen molar-refractivity contribution in [2.24, 2.45) is 0 Å². The number of carbonyl (C=O) groups excluding carboxylic acids is 2. The molecule has 10 nitrogen and oxygen atoms in total. The van der Waals surface area contributed by atoms with E-state index < -0.39 is 21.7 Å². The third-order valence-electron chi connectivity index (χ3n) is 4.24. The Morgan fingerprint density at radius 3 is 1.93 bits per heavy atom. The molecule has 2 aromatic rings. The van der Waals surface area contributed by atoms with E-state index in [2.05, 4.69) is 10.6 Å². The monoisotopic (exact) mass is 400 g/mol. The van der Waals surface area contributed by atoms with Gasteiger partial charge in [-0.1, -0.05) is 19.1 Å². The number of rotatable bonds is 9. The highest BCUT2D eigenvalue weighted by Crippen LogP contribution is 2.14. The van der Waals surface area contributed by atoms with Crippen LogP contribution in [0.5, 0.6) is 0 Å². The van der Waals surface area contributed by atoms with Crippen molar-refractivity contribution < 1.29 is 19.4 Å². The van der Waals surface area contributed by atoms with Crippen LogP contribution in [0.2, 0.25) is 0 Å². The van der Waals surface area contributed by atoms with Crippen LogP contribution in [0.15, 0.2) is 48.5 Å². The zero-order valence-corrected chi connectivity index (χ0v) is 15.7.